The smallest absolute Gasteiger partial charge is 0.147 e. The number of halogens is 1. The zero-order chi connectivity index (χ0) is 14.5. The zero-order valence-electron chi connectivity index (χ0n) is 12.5. The van der Waals surface area contributed by atoms with E-state index in [1.54, 1.807) is 0 Å². The Morgan fingerprint density at radius 2 is 2.10 bits per heavy atom. The first-order valence-electron chi connectivity index (χ1n) is 7.38. The second-order valence-corrected chi connectivity index (χ2v) is 5.58. The minimum atomic E-state index is 0.144. The van der Waals surface area contributed by atoms with E-state index in [9.17, 15) is 0 Å². The summed E-state index contributed by atoms with van der Waals surface area (Å²) in [6.07, 6.45) is 3.74. The Bertz CT molecular complexity index is 563. The monoisotopic (exact) mass is 294 g/mol. The highest BCUT2D eigenvalue weighted by Crippen LogP contribution is 2.28. The molecule has 0 saturated heterocycles. The summed E-state index contributed by atoms with van der Waals surface area (Å²) < 4.78 is 8.07. The highest BCUT2D eigenvalue weighted by atomic mass is 35.5. The number of aryl methyl sites for hydroxylation is 1. The predicted molar refractivity (Wildman–Crippen MR) is 84.6 cm³/mol. The lowest BCUT2D eigenvalue weighted by molar-refractivity contribution is 0.245. The summed E-state index contributed by atoms with van der Waals surface area (Å²) in [6.45, 7) is 7.24. The number of para-hydroxylation sites is 1. The van der Waals surface area contributed by atoms with E-state index in [1.807, 2.05) is 26.0 Å². The molecule has 0 N–H and O–H groups in total. The molecule has 0 fully saturated rings. The molecule has 0 radical (unpaired) electrons. The van der Waals surface area contributed by atoms with Crippen LogP contribution in [0, 0.1) is 0 Å². The average molecular weight is 295 g/mol. The number of fused-ring (bicyclic) bond motifs is 1. The van der Waals surface area contributed by atoms with Crippen molar-refractivity contribution in [3.05, 3.63) is 24.0 Å². The van der Waals surface area contributed by atoms with Crippen LogP contribution in [-0.4, -0.2) is 15.7 Å². The number of unbranched alkanes of at least 4 members (excludes halogenated alkanes) is 2. The highest BCUT2D eigenvalue weighted by molar-refractivity contribution is 6.16. The molecule has 1 heterocycles. The van der Waals surface area contributed by atoms with Gasteiger partial charge < -0.3 is 9.30 Å². The van der Waals surface area contributed by atoms with Crippen LogP contribution in [0.25, 0.3) is 11.0 Å². The van der Waals surface area contributed by atoms with Crippen molar-refractivity contribution in [2.24, 2.45) is 0 Å². The van der Waals surface area contributed by atoms with Gasteiger partial charge >= 0.3 is 0 Å². The molecule has 0 saturated carbocycles. The maximum Gasteiger partial charge on any atom is 0.147 e. The van der Waals surface area contributed by atoms with Gasteiger partial charge in [0, 0.05) is 6.54 Å². The van der Waals surface area contributed by atoms with E-state index >= 15 is 0 Å². The predicted octanol–water partition coefficient (Wildman–Crippen LogP) is 4.75. The van der Waals surface area contributed by atoms with Gasteiger partial charge in [-0.3, -0.25) is 0 Å². The van der Waals surface area contributed by atoms with Gasteiger partial charge in [0.05, 0.1) is 17.5 Å². The van der Waals surface area contributed by atoms with Gasteiger partial charge in [0.15, 0.2) is 0 Å². The summed E-state index contributed by atoms with van der Waals surface area (Å²) in [7, 11) is 0. The number of aromatic nitrogens is 2. The van der Waals surface area contributed by atoms with Crippen molar-refractivity contribution < 1.29 is 4.74 Å². The van der Waals surface area contributed by atoms with Crippen molar-refractivity contribution in [3.8, 4) is 5.75 Å². The number of alkyl halides is 1. The Kier molecular flexibility index (Phi) is 5.30. The summed E-state index contributed by atoms with van der Waals surface area (Å²) in [5, 5.41) is 0. The molecule has 0 aliphatic carbocycles. The molecule has 1 aromatic heterocycles. The fourth-order valence-corrected chi connectivity index (χ4v) is 2.59. The third-order valence-corrected chi connectivity index (χ3v) is 3.53. The van der Waals surface area contributed by atoms with Gasteiger partial charge in [-0.2, -0.15) is 0 Å². The lowest BCUT2D eigenvalue weighted by Gasteiger charge is -2.10. The number of benzene rings is 1. The first kappa shape index (κ1) is 15.2. The molecule has 3 nitrogen and oxygen atoms in total. The molecule has 2 rings (SSSR count). The Labute approximate surface area is 125 Å². The maximum absolute atomic E-state index is 6.05. The van der Waals surface area contributed by atoms with E-state index in [2.05, 4.69) is 22.5 Å². The third-order valence-electron chi connectivity index (χ3n) is 3.29. The van der Waals surface area contributed by atoms with Crippen LogP contribution in [0.4, 0.5) is 0 Å². The molecule has 0 spiro atoms. The molecular formula is C16H23ClN2O. The van der Waals surface area contributed by atoms with E-state index < -0.39 is 0 Å². The van der Waals surface area contributed by atoms with Crippen LogP contribution in [0.15, 0.2) is 18.2 Å². The largest absolute Gasteiger partial charge is 0.489 e. The van der Waals surface area contributed by atoms with E-state index in [0.29, 0.717) is 5.88 Å². The van der Waals surface area contributed by atoms with E-state index in [4.69, 9.17) is 16.3 Å². The van der Waals surface area contributed by atoms with Gasteiger partial charge in [0.2, 0.25) is 0 Å². The van der Waals surface area contributed by atoms with Gasteiger partial charge in [-0.25, -0.2) is 4.98 Å². The summed E-state index contributed by atoms with van der Waals surface area (Å²) >= 11 is 6.05. The van der Waals surface area contributed by atoms with Crippen LogP contribution in [0.3, 0.4) is 0 Å². The van der Waals surface area contributed by atoms with Gasteiger partial charge in [-0.05, 0) is 32.4 Å². The molecule has 1 aromatic carbocycles. The van der Waals surface area contributed by atoms with Crippen LogP contribution >= 0.6 is 11.6 Å². The molecule has 0 aliphatic rings. The summed E-state index contributed by atoms with van der Waals surface area (Å²) in [5.74, 6) is 2.21. The van der Waals surface area contributed by atoms with Crippen molar-refractivity contribution in [2.45, 2.75) is 58.6 Å². The van der Waals surface area contributed by atoms with Gasteiger partial charge in [0.25, 0.3) is 0 Å². The molecule has 20 heavy (non-hydrogen) atoms. The standard InChI is InChI=1S/C16H23ClN2O/c1-4-5-6-10-19-13-8-7-9-14(20-12(2)3)16(13)18-15(19)11-17/h7-9,12H,4-6,10-11H2,1-3H3. The lowest BCUT2D eigenvalue weighted by Crippen LogP contribution is -2.06. The molecule has 0 atom stereocenters. The average Bonchev–Trinajstić information content (AvgIpc) is 2.78. The van der Waals surface area contributed by atoms with Crippen molar-refractivity contribution in [1.82, 2.24) is 9.55 Å². The molecule has 4 heteroatoms. The Morgan fingerprint density at radius 1 is 1.30 bits per heavy atom. The maximum atomic E-state index is 6.05. The van der Waals surface area contributed by atoms with Crippen molar-refractivity contribution in [2.75, 3.05) is 0 Å². The highest BCUT2D eigenvalue weighted by Gasteiger charge is 2.14. The van der Waals surface area contributed by atoms with Gasteiger partial charge in [0.1, 0.15) is 17.1 Å². The van der Waals surface area contributed by atoms with Crippen LogP contribution in [0.1, 0.15) is 45.9 Å². The lowest BCUT2D eigenvalue weighted by atomic mass is 10.2. The normalized spacial score (nSPS) is 11.4. The number of nitrogens with zero attached hydrogens (tertiary/aromatic N) is 2. The Morgan fingerprint density at radius 3 is 2.75 bits per heavy atom. The fraction of sp³-hybridized carbons (Fsp3) is 0.562. The first-order chi connectivity index (χ1) is 9.67. The SMILES string of the molecule is CCCCCn1c(CCl)nc2c(OC(C)C)cccc21. The molecule has 0 amide bonds. The van der Waals surface area contributed by atoms with Gasteiger partial charge in [-0.1, -0.05) is 25.8 Å². The first-order valence-corrected chi connectivity index (χ1v) is 7.91. The minimum Gasteiger partial charge on any atom is -0.489 e. The van der Waals surface area contributed by atoms with E-state index in [-0.39, 0.29) is 6.10 Å². The number of imidazole rings is 1. The topological polar surface area (TPSA) is 27.1 Å². The molecular weight excluding hydrogens is 272 g/mol. The minimum absolute atomic E-state index is 0.144. The number of ether oxygens (including phenoxy) is 1. The molecule has 2 aromatic rings. The molecule has 0 unspecified atom stereocenters. The van der Waals surface area contributed by atoms with Crippen LogP contribution < -0.4 is 4.74 Å². The third kappa shape index (κ3) is 3.26. The Balaban J connectivity index is 2.40. The van der Waals surface area contributed by atoms with Gasteiger partial charge in [-0.15, -0.1) is 11.6 Å². The number of hydrogen-bond donors (Lipinski definition) is 0. The molecule has 0 aliphatic heterocycles. The summed E-state index contributed by atoms with van der Waals surface area (Å²) in [5.41, 5.74) is 2.04. The van der Waals surface area contributed by atoms with Crippen molar-refractivity contribution in [1.29, 1.82) is 0 Å². The summed E-state index contributed by atoms with van der Waals surface area (Å²) in [4.78, 5) is 4.67. The second-order valence-electron chi connectivity index (χ2n) is 5.31. The van der Waals surface area contributed by atoms with Crippen molar-refractivity contribution >= 4 is 22.6 Å². The molecule has 110 valence electrons. The van der Waals surface area contributed by atoms with Crippen molar-refractivity contribution in [3.63, 3.8) is 0 Å². The second kappa shape index (κ2) is 6.98. The van der Waals surface area contributed by atoms with Crippen LogP contribution in [-0.2, 0) is 12.4 Å². The van der Waals surface area contributed by atoms with E-state index in [0.717, 1.165) is 35.6 Å². The van der Waals surface area contributed by atoms with E-state index in [1.165, 1.54) is 12.8 Å². The number of hydrogen-bond acceptors (Lipinski definition) is 2. The fourth-order valence-electron chi connectivity index (χ4n) is 2.39. The van der Waals surface area contributed by atoms with Crippen LogP contribution in [0.2, 0.25) is 0 Å². The Hall–Kier alpha value is -1.22. The quantitative estimate of drug-likeness (QED) is 0.544. The number of rotatable bonds is 7. The summed E-state index contributed by atoms with van der Waals surface area (Å²) in [6, 6.07) is 6.09. The zero-order valence-corrected chi connectivity index (χ0v) is 13.3. The molecule has 0 bridgehead atoms. The van der Waals surface area contributed by atoms with Crippen LogP contribution in [0.5, 0.6) is 5.75 Å².